The molecule has 1 aromatic carbocycles. The van der Waals surface area contributed by atoms with E-state index in [9.17, 15) is 14.7 Å². The number of ether oxygens (including phenoxy) is 2. The molecule has 0 fully saturated rings. The molecule has 0 saturated heterocycles. The summed E-state index contributed by atoms with van der Waals surface area (Å²) in [6.07, 6.45) is 1.97. The van der Waals surface area contributed by atoms with Gasteiger partial charge < -0.3 is 19.5 Å². The maximum atomic E-state index is 13.1. The molecule has 1 N–H and O–H groups in total. The van der Waals surface area contributed by atoms with E-state index >= 15 is 0 Å². The molecule has 2 aromatic rings. The summed E-state index contributed by atoms with van der Waals surface area (Å²) in [5, 5.41) is 9.43. The van der Waals surface area contributed by atoms with Crippen molar-refractivity contribution in [3.63, 3.8) is 0 Å². The Kier molecular flexibility index (Phi) is 5.30. The van der Waals surface area contributed by atoms with Gasteiger partial charge in [0.1, 0.15) is 5.69 Å². The summed E-state index contributed by atoms with van der Waals surface area (Å²) in [4.78, 5) is 30.4. The average molecular weight is 370 g/mol. The number of hydrogen-bond donors (Lipinski definition) is 1. The lowest BCUT2D eigenvalue weighted by Crippen LogP contribution is -2.41. The molecule has 1 amide bonds. The molecule has 0 spiro atoms. The van der Waals surface area contributed by atoms with Gasteiger partial charge in [-0.25, -0.2) is 0 Å². The van der Waals surface area contributed by atoms with Gasteiger partial charge in [0.2, 0.25) is 0 Å². The highest BCUT2D eigenvalue weighted by molar-refractivity contribution is 5.94. The summed E-state index contributed by atoms with van der Waals surface area (Å²) < 4.78 is 10.7. The lowest BCUT2D eigenvalue weighted by molar-refractivity contribution is -0.138. The van der Waals surface area contributed by atoms with E-state index in [-0.39, 0.29) is 12.3 Å². The van der Waals surface area contributed by atoms with Crippen molar-refractivity contribution in [2.24, 2.45) is 0 Å². The van der Waals surface area contributed by atoms with Crippen molar-refractivity contribution in [3.8, 4) is 11.5 Å². The number of carboxylic acids is 1. The van der Waals surface area contributed by atoms with Crippen LogP contribution in [0.25, 0.3) is 0 Å². The number of rotatable bonds is 5. The third-order valence-electron chi connectivity index (χ3n) is 4.84. The quantitative estimate of drug-likeness (QED) is 0.870. The molecule has 142 valence electrons. The topological polar surface area (TPSA) is 89.0 Å². The zero-order valence-electron chi connectivity index (χ0n) is 15.6. The lowest BCUT2D eigenvalue weighted by Gasteiger charge is -2.37. The Bertz CT molecular complexity index is 881. The van der Waals surface area contributed by atoms with Crippen LogP contribution < -0.4 is 9.47 Å². The van der Waals surface area contributed by atoms with Crippen LogP contribution in [0.4, 0.5) is 0 Å². The van der Waals surface area contributed by atoms with Crippen LogP contribution in [-0.4, -0.2) is 47.6 Å². The van der Waals surface area contributed by atoms with E-state index in [2.05, 4.69) is 4.98 Å². The van der Waals surface area contributed by atoms with Gasteiger partial charge in [-0.1, -0.05) is 6.07 Å². The van der Waals surface area contributed by atoms with Gasteiger partial charge in [0.25, 0.3) is 5.91 Å². The number of fused-ring (bicyclic) bond motifs is 1. The number of aryl methyl sites for hydroxylation is 1. The summed E-state index contributed by atoms with van der Waals surface area (Å²) in [7, 11) is 3.08. The molecule has 2 heterocycles. The van der Waals surface area contributed by atoms with E-state index in [0.29, 0.717) is 30.2 Å². The molecule has 0 saturated carbocycles. The smallest absolute Gasteiger partial charge is 0.305 e. The predicted octanol–water partition coefficient (Wildman–Crippen LogP) is 2.62. The molecule has 7 nitrogen and oxygen atoms in total. The van der Waals surface area contributed by atoms with E-state index in [1.54, 1.807) is 30.3 Å². The van der Waals surface area contributed by atoms with Crippen LogP contribution in [0.1, 0.15) is 39.6 Å². The number of carbonyl (C=O) groups is 2. The van der Waals surface area contributed by atoms with Gasteiger partial charge >= 0.3 is 5.97 Å². The Morgan fingerprint density at radius 1 is 1.26 bits per heavy atom. The number of nitrogens with zero attached hydrogens (tertiary/aromatic N) is 2. The van der Waals surface area contributed by atoms with Crippen molar-refractivity contribution in [1.29, 1.82) is 0 Å². The maximum Gasteiger partial charge on any atom is 0.305 e. The van der Waals surface area contributed by atoms with Gasteiger partial charge in [-0.3, -0.25) is 14.6 Å². The van der Waals surface area contributed by atoms with Gasteiger partial charge in [-0.15, -0.1) is 0 Å². The number of hydrogen-bond acceptors (Lipinski definition) is 5. The van der Waals surface area contributed by atoms with Crippen LogP contribution in [0.5, 0.6) is 11.5 Å². The van der Waals surface area contributed by atoms with Crippen molar-refractivity contribution in [1.82, 2.24) is 9.88 Å². The van der Waals surface area contributed by atoms with Crippen LogP contribution in [0.2, 0.25) is 0 Å². The third-order valence-corrected chi connectivity index (χ3v) is 4.84. The van der Waals surface area contributed by atoms with Crippen LogP contribution in [0, 0.1) is 6.92 Å². The monoisotopic (exact) mass is 370 g/mol. The largest absolute Gasteiger partial charge is 0.493 e. The van der Waals surface area contributed by atoms with Crippen LogP contribution in [0.3, 0.4) is 0 Å². The second-order valence-corrected chi connectivity index (χ2v) is 6.44. The predicted molar refractivity (Wildman–Crippen MR) is 98.3 cm³/mol. The number of aliphatic carboxylic acids is 1. The van der Waals surface area contributed by atoms with E-state index in [1.807, 2.05) is 19.1 Å². The second-order valence-electron chi connectivity index (χ2n) is 6.44. The fraction of sp³-hybridized carbons (Fsp3) is 0.350. The molecule has 27 heavy (non-hydrogen) atoms. The molecule has 1 aromatic heterocycles. The Morgan fingerprint density at radius 3 is 2.59 bits per heavy atom. The fourth-order valence-corrected chi connectivity index (χ4v) is 3.50. The number of methoxy groups -OCH3 is 2. The summed E-state index contributed by atoms with van der Waals surface area (Å²) >= 11 is 0. The normalized spacial score (nSPS) is 15.8. The SMILES string of the molecule is COc1cc2c(cc1OC)C(CC(=O)O)N(C(=O)c1ncccc1C)CC2. The van der Waals surface area contributed by atoms with Crippen molar-refractivity contribution in [2.45, 2.75) is 25.8 Å². The number of benzene rings is 1. The molecule has 0 radical (unpaired) electrons. The van der Waals surface area contributed by atoms with E-state index < -0.39 is 12.0 Å². The highest BCUT2D eigenvalue weighted by Gasteiger charge is 2.35. The van der Waals surface area contributed by atoms with E-state index in [1.165, 1.54) is 7.11 Å². The molecule has 3 rings (SSSR count). The molecule has 0 bridgehead atoms. The molecule has 1 aliphatic rings. The molecular formula is C20H22N2O5. The summed E-state index contributed by atoms with van der Waals surface area (Å²) in [5.41, 5.74) is 2.83. The van der Waals surface area contributed by atoms with Crippen molar-refractivity contribution in [2.75, 3.05) is 20.8 Å². The zero-order chi connectivity index (χ0) is 19.6. The summed E-state index contributed by atoms with van der Waals surface area (Å²) in [6, 6.07) is 6.62. The van der Waals surface area contributed by atoms with E-state index in [0.717, 1.165) is 16.7 Å². The molecular weight excluding hydrogens is 348 g/mol. The van der Waals surface area contributed by atoms with Gasteiger partial charge in [-0.2, -0.15) is 0 Å². The van der Waals surface area contributed by atoms with Crippen molar-refractivity contribution < 1.29 is 24.2 Å². The molecule has 1 unspecified atom stereocenters. The summed E-state index contributed by atoms with van der Waals surface area (Å²) in [6.45, 7) is 2.23. The first-order valence-electron chi connectivity index (χ1n) is 8.65. The van der Waals surface area contributed by atoms with Crippen molar-refractivity contribution in [3.05, 3.63) is 52.8 Å². The number of amides is 1. The molecule has 1 aliphatic heterocycles. The number of pyridine rings is 1. The Labute approximate surface area is 157 Å². The van der Waals surface area contributed by atoms with Gasteiger partial charge in [0, 0.05) is 12.7 Å². The van der Waals surface area contributed by atoms with Crippen LogP contribution in [0.15, 0.2) is 30.5 Å². The second kappa shape index (κ2) is 7.65. The van der Waals surface area contributed by atoms with E-state index in [4.69, 9.17) is 9.47 Å². The summed E-state index contributed by atoms with van der Waals surface area (Å²) in [5.74, 6) is -0.140. The van der Waals surface area contributed by atoms with Gasteiger partial charge in [0.05, 0.1) is 26.7 Å². The van der Waals surface area contributed by atoms with Gasteiger partial charge in [0.15, 0.2) is 11.5 Å². The Balaban J connectivity index is 2.06. The average Bonchev–Trinajstić information content (AvgIpc) is 2.66. The standard InChI is InChI=1S/C20H22N2O5/c1-12-5-4-7-21-19(12)20(25)22-8-6-13-9-16(26-2)17(27-3)10-14(13)15(22)11-18(23)24/h4-5,7,9-10,15H,6,8,11H2,1-3H3,(H,23,24). The maximum absolute atomic E-state index is 13.1. The number of carbonyl (C=O) groups excluding carboxylic acids is 1. The van der Waals surface area contributed by atoms with Crippen molar-refractivity contribution >= 4 is 11.9 Å². The van der Waals surface area contributed by atoms with Crippen LogP contribution >= 0.6 is 0 Å². The first-order valence-corrected chi connectivity index (χ1v) is 8.65. The minimum atomic E-state index is -0.974. The third kappa shape index (κ3) is 3.58. The Morgan fingerprint density at radius 2 is 1.96 bits per heavy atom. The first-order chi connectivity index (χ1) is 13.0. The lowest BCUT2D eigenvalue weighted by atomic mass is 9.89. The zero-order valence-corrected chi connectivity index (χ0v) is 15.6. The first kappa shape index (κ1) is 18.7. The minimum absolute atomic E-state index is 0.194. The fourth-order valence-electron chi connectivity index (χ4n) is 3.50. The van der Waals surface area contributed by atoms with Gasteiger partial charge in [-0.05, 0) is 48.2 Å². The highest BCUT2D eigenvalue weighted by atomic mass is 16.5. The minimum Gasteiger partial charge on any atom is -0.493 e. The van der Waals surface area contributed by atoms with Crippen LogP contribution in [-0.2, 0) is 11.2 Å². The number of carboxylic acid groups (broad SMARTS) is 1. The number of aromatic nitrogens is 1. The highest BCUT2D eigenvalue weighted by Crippen LogP contribution is 2.40. The Hall–Kier alpha value is -3.09. The molecule has 7 heteroatoms. The molecule has 1 atom stereocenters. The molecule has 0 aliphatic carbocycles.